The molecule has 0 aromatic carbocycles. The van der Waals surface area contributed by atoms with E-state index in [-0.39, 0.29) is 19.3 Å². The Morgan fingerprint density at radius 1 is 0.735 bits per heavy atom. The molecule has 0 rings (SSSR count). The van der Waals surface area contributed by atoms with Crippen LogP contribution in [0.2, 0.25) is 0 Å². The van der Waals surface area contributed by atoms with Crippen molar-refractivity contribution in [1.82, 2.24) is 16.0 Å². The van der Waals surface area contributed by atoms with Crippen LogP contribution in [0.25, 0.3) is 0 Å². The SMILES string of the molecule is CC(O)C(NC(=O)C(CCC(N)=O)NC(=O)C(CC(N)=O)NC(=O)C(N)CCC(N)=O)C(=O)O. The van der Waals surface area contributed by atoms with Gasteiger partial charge in [-0.3, -0.25) is 28.8 Å². The third kappa shape index (κ3) is 11.7. The quantitative estimate of drug-likeness (QED) is 0.0990. The number of carboxylic acids is 1. The van der Waals surface area contributed by atoms with Crippen LogP contribution in [-0.4, -0.2) is 81.9 Å². The van der Waals surface area contributed by atoms with Gasteiger partial charge in [0.1, 0.15) is 12.1 Å². The first-order valence-electron chi connectivity index (χ1n) is 10.1. The van der Waals surface area contributed by atoms with Gasteiger partial charge in [0, 0.05) is 12.8 Å². The Morgan fingerprint density at radius 3 is 1.65 bits per heavy atom. The van der Waals surface area contributed by atoms with Gasteiger partial charge in [0.25, 0.3) is 0 Å². The Morgan fingerprint density at radius 2 is 1.21 bits per heavy atom. The summed E-state index contributed by atoms with van der Waals surface area (Å²) in [5.41, 5.74) is 20.8. The first-order valence-corrected chi connectivity index (χ1v) is 10.1. The maximum atomic E-state index is 12.7. The van der Waals surface area contributed by atoms with E-state index in [1.807, 2.05) is 5.32 Å². The number of aliphatic hydroxyl groups excluding tert-OH is 1. The molecule has 0 aromatic heterocycles. The highest BCUT2D eigenvalue weighted by molar-refractivity contribution is 5.96. The summed E-state index contributed by atoms with van der Waals surface area (Å²) in [7, 11) is 0. The Balaban J connectivity index is 5.56. The largest absolute Gasteiger partial charge is 0.480 e. The van der Waals surface area contributed by atoms with Crippen LogP contribution in [0.3, 0.4) is 0 Å². The lowest BCUT2D eigenvalue weighted by Crippen LogP contribution is -2.58. The summed E-state index contributed by atoms with van der Waals surface area (Å²) < 4.78 is 0. The molecule has 0 aliphatic rings. The zero-order chi connectivity index (χ0) is 26.6. The highest BCUT2D eigenvalue weighted by Crippen LogP contribution is 2.04. The molecule has 5 atom stereocenters. The molecule has 192 valence electrons. The Bertz CT molecular complexity index is 803. The van der Waals surface area contributed by atoms with E-state index in [0.717, 1.165) is 6.92 Å². The van der Waals surface area contributed by atoms with Crippen LogP contribution in [0.5, 0.6) is 0 Å². The van der Waals surface area contributed by atoms with Crippen molar-refractivity contribution >= 4 is 41.4 Å². The number of aliphatic carboxylic acids is 1. The summed E-state index contributed by atoms with van der Waals surface area (Å²) in [5.74, 6) is -7.18. The summed E-state index contributed by atoms with van der Waals surface area (Å²) in [4.78, 5) is 82.1. The number of carboxylic acid groups (broad SMARTS) is 1. The summed E-state index contributed by atoms with van der Waals surface area (Å²) in [6.45, 7) is 1.11. The average molecular weight is 489 g/mol. The van der Waals surface area contributed by atoms with E-state index in [0.29, 0.717) is 0 Å². The first kappa shape index (κ1) is 30.2. The van der Waals surface area contributed by atoms with E-state index in [4.69, 9.17) is 28.0 Å². The van der Waals surface area contributed by atoms with Crippen LogP contribution in [0.15, 0.2) is 0 Å². The van der Waals surface area contributed by atoms with Crippen LogP contribution in [0, 0.1) is 0 Å². The van der Waals surface area contributed by atoms with Gasteiger partial charge in [-0.1, -0.05) is 0 Å². The lowest BCUT2D eigenvalue weighted by molar-refractivity contribution is -0.145. The van der Waals surface area contributed by atoms with Crippen molar-refractivity contribution in [2.24, 2.45) is 22.9 Å². The zero-order valence-electron chi connectivity index (χ0n) is 18.5. The molecule has 16 nitrogen and oxygen atoms in total. The lowest BCUT2D eigenvalue weighted by Gasteiger charge is -2.25. The number of hydrogen-bond acceptors (Lipinski definition) is 9. The number of carbonyl (C=O) groups is 7. The molecule has 0 saturated heterocycles. The number of carbonyl (C=O) groups excluding carboxylic acids is 6. The van der Waals surface area contributed by atoms with Crippen LogP contribution in [-0.2, 0) is 33.6 Å². The third-order valence-electron chi connectivity index (χ3n) is 4.44. The normalized spacial score (nSPS) is 15.0. The highest BCUT2D eigenvalue weighted by atomic mass is 16.4. The van der Waals surface area contributed by atoms with Gasteiger partial charge in [-0.2, -0.15) is 0 Å². The molecule has 0 radical (unpaired) electrons. The predicted octanol–water partition coefficient (Wildman–Crippen LogP) is -5.36. The van der Waals surface area contributed by atoms with Gasteiger partial charge in [0.05, 0.1) is 18.6 Å². The van der Waals surface area contributed by atoms with Crippen molar-refractivity contribution in [3.05, 3.63) is 0 Å². The zero-order valence-corrected chi connectivity index (χ0v) is 18.5. The molecule has 6 amide bonds. The molecule has 16 heteroatoms. The number of nitrogens with one attached hydrogen (secondary N) is 3. The summed E-state index contributed by atoms with van der Waals surface area (Å²) in [6, 6.07) is -6.12. The molecule has 0 spiro atoms. The number of primary amides is 3. The maximum Gasteiger partial charge on any atom is 0.328 e. The van der Waals surface area contributed by atoms with Crippen molar-refractivity contribution in [1.29, 1.82) is 0 Å². The van der Waals surface area contributed by atoms with Gasteiger partial charge in [0.15, 0.2) is 6.04 Å². The molecular weight excluding hydrogens is 458 g/mol. The van der Waals surface area contributed by atoms with Crippen molar-refractivity contribution in [2.45, 2.75) is 69.3 Å². The highest BCUT2D eigenvalue weighted by Gasteiger charge is 2.32. The molecule has 0 aromatic rings. The smallest absolute Gasteiger partial charge is 0.328 e. The molecule has 0 heterocycles. The third-order valence-corrected chi connectivity index (χ3v) is 4.44. The monoisotopic (exact) mass is 489 g/mol. The van der Waals surface area contributed by atoms with Crippen LogP contribution >= 0.6 is 0 Å². The number of rotatable bonds is 16. The van der Waals surface area contributed by atoms with E-state index in [1.54, 1.807) is 0 Å². The van der Waals surface area contributed by atoms with Gasteiger partial charge in [-0.15, -0.1) is 0 Å². The minimum absolute atomic E-state index is 0.147. The van der Waals surface area contributed by atoms with Gasteiger partial charge >= 0.3 is 5.97 Å². The fourth-order valence-electron chi connectivity index (χ4n) is 2.59. The molecule has 5 unspecified atom stereocenters. The van der Waals surface area contributed by atoms with E-state index in [1.165, 1.54) is 0 Å². The second kappa shape index (κ2) is 14.4. The van der Waals surface area contributed by atoms with E-state index in [9.17, 15) is 38.7 Å². The summed E-state index contributed by atoms with van der Waals surface area (Å²) in [6.07, 6.45) is -3.33. The molecule has 13 N–H and O–H groups in total. The first-order chi connectivity index (χ1) is 15.6. The minimum atomic E-state index is -1.73. The van der Waals surface area contributed by atoms with Crippen LogP contribution in [0.1, 0.15) is 39.0 Å². The van der Waals surface area contributed by atoms with Crippen molar-refractivity contribution in [2.75, 3.05) is 0 Å². The van der Waals surface area contributed by atoms with Crippen molar-refractivity contribution < 1.29 is 43.8 Å². The Hall–Kier alpha value is -3.79. The molecule has 0 bridgehead atoms. The number of nitrogens with two attached hydrogens (primary N) is 4. The molecule has 0 saturated carbocycles. The fourth-order valence-corrected chi connectivity index (χ4v) is 2.59. The maximum absolute atomic E-state index is 12.7. The molecule has 0 aliphatic carbocycles. The van der Waals surface area contributed by atoms with Gasteiger partial charge in [-0.25, -0.2) is 4.79 Å². The topological polar surface area (TPSA) is 300 Å². The number of hydrogen-bond donors (Lipinski definition) is 9. The molecule has 34 heavy (non-hydrogen) atoms. The molecule has 0 fully saturated rings. The average Bonchev–Trinajstić information content (AvgIpc) is 2.70. The van der Waals surface area contributed by atoms with E-state index in [2.05, 4.69) is 10.6 Å². The molecule has 0 aliphatic heterocycles. The van der Waals surface area contributed by atoms with Gasteiger partial charge in [0.2, 0.25) is 35.4 Å². The fraction of sp³-hybridized carbons (Fsp3) is 0.611. The lowest BCUT2D eigenvalue weighted by atomic mass is 10.1. The number of amides is 6. The van der Waals surface area contributed by atoms with E-state index >= 15 is 0 Å². The Kier molecular flexibility index (Phi) is 12.8. The molecular formula is C18H31N7O9. The van der Waals surface area contributed by atoms with Gasteiger partial charge in [-0.05, 0) is 19.8 Å². The number of aliphatic hydroxyl groups is 1. The second-order valence-electron chi connectivity index (χ2n) is 7.47. The van der Waals surface area contributed by atoms with Crippen LogP contribution < -0.4 is 38.9 Å². The van der Waals surface area contributed by atoms with E-state index < -0.39 is 84.5 Å². The second-order valence-corrected chi connectivity index (χ2v) is 7.47. The van der Waals surface area contributed by atoms with Crippen molar-refractivity contribution in [3.8, 4) is 0 Å². The standard InChI is InChI=1S/C18H31N7O9/c1-7(26)14(18(33)34)25-16(31)9(3-5-12(21)28)23-17(32)10(6-13(22)29)24-15(30)8(19)2-4-11(20)27/h7-10,14,26H,2-6,19H2,1H3,(H2,20,27)(H2,21,28)(H2,22,29)(H,23,32)(H,24,30)(H,25,31)(H,33,34). The predicted molar refractivity (Wildman–Crippen MR) is 114 cm³/mol. The van der Waals surface area contributed by atoms with Crippen LogP contribution in [0.4, 0.5) is 0 Å². The minimum Gasteiger partial charge on any atom is -0.480 e. The van der Waals surface area contributed by atoms with Gasteiger partial charge < -0.3 is 49.1 Å². The Labute approximate surface area is 194 Å². The summed E-state index contributed by atoms with van der Waals surface area (Å²) >= 11 is 0. The van der Waals surface area contributed by atoms with Crippen molar-refractivity contribution in [3.63, 3.8) is 0 Å². The summed E-state index contributed by atoms with van der Waals surface area (Å²) in [5, 5.41) is 25.0.